The first-order chi connectivity index (χ1) is 15.7. The molecule has 0 spiro atoms. The molecule has 0 saturated heterocycles. The van der Waals surface area contributed by atoms with Gasteiger partial charge in [-0.2, -0.15) is 5.26 Å². The molecular weight excluding hydrogens is 460 g/mol. The molecule has 2 N–H and O–H groups in total. The lowest BCUT2D eigenvalue weighted by atomic mass is 10.2. The molecule has 1 unspecified atom stereocenters. The fourth-order valence-electron chi connectivity index (χ4n) is 2.78. The van der Waals surface area contributed by atoms with E-state index in [0.29, 0.717) is 28.4 Å². The number of aryl methyl sites for hydroxylation is 2. The van der Waals surface area contributed by atoms with Gasteiger partial charge in [0, 0.05) is 23.3 Å². The van der Waals surface area contributed by atoms with Crippen molar-refractivity contribution in [3.63, 3.8) is 0 Å². The number of pyridine rings is 1. The maximum Gasteiger partial charge on any atom is 0.264 e. The second kappa shape index (κ2) is 10.4. The van der Waals surface area contributed by atoms with E-state index in [0.717, 1.165) is 5.69 Å². The number of nitrogens with one attached hydrogen (secondary N) is 2. The van der Waals surface area contributed by atoms with Crippen LogP contribution in [0.2, 0.25) is 0 Å². The fourth-order valence-corrected chi connectivity index (χ4v) is 4.77. The van der Waals surface area contributed by atoms with Crippen molar-refractivity contribution in [2.75, 3.05) is 10.0 Å². The van der Waals surface area contributed by atoms with Gasteiger partial charge in [-0.3, -0.25) is 4.79 Å². The quantitative estimate of drug-likeness (QED) is 0.464. The molecular formula is C22H22N6O3S2. The summed E-state index contributed by atoms with van der Waals surface area (Å²) in [6.45, 7) is 5.42. The van der Waals surface area contributed by atoms with Crippen molar-refractivity contribution in [3.8, 4) is 6.07 Å². The molecule has 0 aliphatic heterocycles. The molecule has 2 heterocycles. The second-order valence-corrected chi connectivity index (χ2v) is 9.95. The molecule has 1 atom stereocenters. The number of thioether (sulfide) groups is 1. The summed E-state index contributed by atoms with van der Waals surface area (Å²) in [6.07, 6.45) is 1.98. The van der Waals surface area contributed by atoms with Crippen LogP contribution in [0.5, 0.6) is 0 Å². The molecule has 0 aliphatic carbocycles. The minimum absolute atomic E-state index is 0.00893. The summed E-state index contributed by atoms with van der Waals surface area (Å²) in [5, 5.41) is 12.1. The van der Waals surface area contributed by atoms with E-state index < -0.39 is 15.3 Å². The van der Waals surface area contributed by atoms with E-state index in [1.54, 1.807) is 25.1 Å². The summed E-state index contributed by atoms with van der Waals surface area (Å²) in [4.78, 5) is 25.1. The van der Waals surface area contributed by atoms with Crippen molar-refractivity contribution in [1.29, 1.82) is 5.26 Å². The van der Waals surface area contributed by atoms with Gasteiger partial charge in [-0.1, -0.05) is 18.7 Å². The Morgan fingerprint density at radius 2 is 1.79 bits per heavy atom. The first-order valence-corrected chi connectivity index (χ1v) is 12.4. The van der Waals surface area contributed by atoms with Crippen molar-refractivity contribution >= 4 is 39.3 Å². The van der Waals surface area contributed by atoms with Crippen LogP contribution in [0.25, 0.3) is 0 Å². The molecule has 3 rings (SSSR count). The average Bonchev–Trinajstić information content (AvgIpc) is 2.77. The lowest BCUT2D eigenvalue weighted by molar-refractivity contribution is -0.115. The van der Waals surface area contributed by atoms with Crippen LogP contribution in [0, 0.1) is 25.2 Å². The summed E-state index contributed by atoms with van der Waals surface area (Å²) in [5.41, 5.74) is 2.25. The molecule has 0 bridgehead atoms. The number of sulfonamides is 1. The predicted molar refractivity (Wildman–Crippen MR) is 126 cm³/mol. The van der Waals surface area contributed by atoms with Crippen LogP contribution in [0.1, 0.15) is 30.3 Å². The Morgan fingerprint density at radius 3 is 2.42 bits per heavy atom. The van der Waals surface area contributed by atoms with E-state index in [-0.39, 0.29) is 16.8 Å². The number of nitriles is 1. The number of hydrogen-bond donors (Lipinski definition) is 2. The Labute approximate surface area is 196 Å². The first-order valence-electron chi connectivity index (χ1n) is 9.99. The summed E-state index contributed by atoms with van der Waals surface area (Å²) in [6, 6.07) is 13.0. The number of carbonyl (C=O) groups excluding carboxylic acids is 1. The molecule has 0 saturated carbocycles. The van der Waals surface area contributed by atoms with E-state index in [4.69, 9.17) is 0 Å². The second-order valence-electron chi connectivity index (χ2n) is 7.07. The summed E-state index contributed by atoms with van der Waals surface area (Å²) in [7, 11) is -3.88. The van der Waals surface area contributed by atoms with E-state index >= 15 is 0 Å². The topological polar surface area (TPSA) is 138 Å². The van der Waals surface area contributed by atoms with Gasteiger partial charge in [0.05, 0.1) is 15.7 Å². The number of nitrogens with zero attached hydrogens (tertiary/aromatic N) is 4. The molecule has 0 fully saturated rings. The van der Waals surface area contributed by atoms with E-state index in [1.807, 2.05) is 13.8 Å². The summed E-state index contributed by atoms with van der Waals surface area (Å²) >= 11 is 1.23. The first kappa shape index (κ1) is 24.2. The van der Waals surface area contributed by atoms with Crippen molar-refractivity contribution in [1.82, 2.24) is 15.0 Å². The van der Waals surface area contributed by atoms with Crippen molar-refractivity contribution in [2.24, 2.45) is 0 Å². The minimum Gasteiger partial charge on any atom is -0.325 e. The van der Waals surface area contributed by atoms with Crippen LogP contribution >= 0.6 is 11.8 Å². The Morgan fingerprint density at radius 1 is 1.09 bits per heavy atom. The molecule has 11 heteroatoms. The predicted octanol–water partition coefficient (Wildman–Crippen LogP) is 3.67. The van der Waals surface area contributed by atoms with Gasteiger partial charge in [-0.15, -0.1) is 0 Å². The molecule has 2 aromatic heterocycles. The lowest BCUT2D eigenvalue weighted by Crippen LogP contribution is -2.25. The van der Waals surface area contributed by atoms with Gasteiger partial charge >= 0.3 is 0 Å². The van der Waals surface area contributed by atoms with Crippen LogP contribution < -0.4 is 10.0 Å². The normalized spacial score (nSPS) is 11.9. The number of rotatable bonds is 8. The van der Waals surface area contributed by atoms with Crippen molar-refractivity contribution < 1.29 is 13.2 Å². The van der Waals surface area contributed by atoms with Crippen LogP contribution in [0.3, 0.4) is 0 Å². The highest BCUT2D eigenvalue weighted by Gasteiger charge is 2.21. The maximum atomic E-state index is 12.8. The molecule has 0 aliphatic rings. The number of anilines is 2. The number of carbonyl (C=O) groups is 1. The number of hydrogen-bond acceptors (Lipinski definition) is 8. The SMILES string of the molecule is CCC(Sc1nc(C)ccc1C#N)C(=O)Nc1ccc(S(=O)(=O)Nc2nccc(C)n2)cc1. The highest BCUT2D eigenvalue weighted by Crippen LogP contribution is 2.28. The van der Waals surface area contributed by atoms with Crippen molar-refractivity contribution in [3.05, 3.63) is 65.6 Å². The molecule has 9 nitrogen and oxygen atoms in total. The number of benzene rings is 1. The molecule has 170 valence electrons. The highest BCUT2D eigenvalue weighted by molar-refractivity contribution is 8.00. The Bertz CT molecular complexity index is 1300. The van der Waals surface area contributed by atoms with Crippen LogP contribution in [0.15, 0.2) is 58.6 Å². The minimum atomic E-state index is -3.88. The van der Waals surface area contributed by atoms with Gasteiger partial charge in [0.1, 0.15) is 11.1 Å². The van der Waals surface area contributed by atoms with Crippen LogP contribution in [0.4, 0.5) is 11.6 Å². The Balaban J connectivity index is 1.70. The van der Waals surface area contributed by atoms with Crippen molar-refractivity contribution in [2.45, 2.75) is 42.4 Å². The Hall–Kier alpha value is -3.49. The zero-order chi connectivity index (χ0) is 24.0. The van der Waals surface area contributed by atoms with E-state index in [9.17, 15) is 18.5 Å². The number of aromatic nitrogens is 3. The highest BCUT2D eigenvalue weighted by atomic mass is 32.2. The third-order valence-corrected chi connectivity index (χ3v) is 7.20. The van der Waals surface area contributed by atoms with Gasteiger partial charge in [0.2, 0.25) is 11.9 Å². The zero-order valence-corrected chi connectivity index (χ0v) is 19.9. The Kier molecular flexibility index (Phi) is 7.63. The standard InChI is InChI=1S/C22H22N6O3S2/c1-4-19(32-21-16(13-23)6-5-14(2)25-21)20(29)27-17-7-9-18(10-8-17)33(30,31)28-22-24-12-11-15(3)26-22/h5-12,19H,4H2,1-3H3,(H,27,29)(H,24,26,28). The molecule has 33 heavy (non-hydrogen) atoms. The maximum absolute atomic E-state index is 12.8. The fraction of sp³-hybridized carbons (Fsp3) is 0.227. The largest absolute Gasteiger partial charge is 0.325 e. The summed E-state index contributed by atoms with van der Waals surface area (Å²) < 4.78 is 27.5. The van der Waals surface area contributed by atoms with Crippen LogP contribution in [-0.2, 0) is 14.8 Å². The molecule has 1 amide bonds. The smallest absolute Gasteiger partial charge is 0.264 e. The molecule has 1 aromatic carbocycles. The third-order valence-electron chi connectivity index (χ3n) is 4.49. The van der Waals surface area contributed by atoms with Gasteiger partial charge in [-0.25, -0.2) is 28.1 Å². The zero-order valence-electron chi connectivity index (χ0n) is 18.2. The third kappa shape index (κ3) is 6.27. The number of amides is 1. The van der Waals surface area contributed by atoms with Gasteiger partial charge in [0.15, 0.2) is 0 Å². The van der Waals surface area contributed by atoms with Gasteiger partial charge < -0.3 is 5.32 Å². The van der Waals surface area contributed by atoms with Gasteiger partial charge in [0.25, 0.3) is 10.0 Å². The molecule has 3 aromatic rings. The monoisotopic (exact) mass is 482 g/mol. The summed E-state index contributed by atoms with van der Waals surface area (Å²) in [5.74, 6) is -0.284. The molecule has 0 radical (unpaired) electrons. The average molecular weight is 483 g/mol. The van der Waals surface area contributed by atoms with E-state index in [2.05, 4.69) is 31.1 Å². The van der Waals surface area contributed by atoms with Crippen LogP contribution in [-0.4, -0.2) is 34.5 Å². The lowest BCUT2D eigenvalue weighted by Gasteiger charge is -2.15. The van der Waals surface area contributed by atoms with Gasteiger partial charge in [-0.05, 0) is 62.7 Å². The van der Waals surface area contributed by atoms with E-state index in [1.165, 1.54) is 42.2 Å².